The maximum Gasteiger partial charge on any atom is 0.330 e. The molecule has 0 radical (unpaired) electrons. The number of hydrogen-bond donors (Lipinski definition) is 1. The van der Waals surface area contributed by atoms with Gasteiger partial charge >= 0.3 is 5.97 Å². The molecule has 20 heavy (non-hydrogen) atoms. The molecule has 1 saturated carbocycles. The zero-order chi connectivity index (χ0) is 15.2. The Morgan fingerprint density at radius 3 is 2.45 bits per heavy atom. The van der Waals surface area contributed by atoms with Crippen LogP contribution in [-0.4, -0.2) is 30.8 Å². The molecule has 1 aliphatic rings. The molecule has 0 spiro atoms. The van der Waals surface area contributed by atoms with Crippen LogP contribution in [0.25, 0.3) is 0 Å². The summed E-state index contributed by atoms with van der Waals surface area (Å²) in [5, 5.41) is 2.68. The van der Waals surface area contributed by atoms with E-state index < -0.39 is 17.4 Å². The van der Waals surface area contributed by atoms with Crippen molar-refractivity contribution in [2.24, 2.45) is 5.41 Å². The number of carbonyl (C=O) groups excluding carboxylic acids is 2. The number of hydrogen-bond acceptors (Lipinski definition) is 4. The van der Waals surface area contributed by atoms with E-state index in [-0.39, 0.29) is 18.8 Å². The van der Waals surface area contributed by atoms with Gasteiger partial charge in [-0.05, 0) is 26.2 Å². The summed E-state index contributed by atoms with van der Waals surface area (Å²) in [4.78, 5) is 23.7. The van der Waals surface area contributed by atoms with Crippen molar-refractivity contribution in [3.8, 4) is 0 Å². The maximum atomic E-state index is 11.9. The van der Waals surface area contributed by atoms with Crippen molar-refractivity contribution in [1.82, 2.24) is 5.32 Å². The highest BCUT2D eigenvalue weighted by atomic mass is 16.7. The second-order valence-corrected chi connectivity index (χ2v) is 6.09. The van der Waals surface area contributed by atoms with Crippen LogP contribution in [0.15, 0.2) is 0 Å². The van der Waals surface area contributed by atoms with Gasteiger partial charge in [-0.2, -0.15) is 0 Å². The van der Waals surface area contributed by atoms with Crippen LogP contribution < -0.4 is 5.32 Å². The molecule has 0 heterocycles. The van der Waals surface area contributed by atoms with Crippen LogP contribution in [0.2, 0.25) is 0 Å². The summed E-state index contributed by atoms with van der Waals surface area (Å²) in [7, 11) is 0. The van der Waals surface area contributed by atoms with Crippen LogP contribution in [0.1, 0.15) is 59.8 Å². The molecule has 0 aromatic heterocycles. The molecule has 0 aromatic carbocycles. The van der Waals surface area contributed by atoms with Crippen molar-refractivity contribution in [1.29, 1.82) is 0 Å². The van der Waals surface area contributed by atoms with E-state index in [1.165, 1.54) is 12.8 Å². The first-order valence-corrected chi connectivity index (χ1v) is 7.46. The highest BCUT2D eigenvalue weighted by Crippen LogP contribution is 2.21. The number of amides is 1. The number of ether oxygens (including phenoxy) is 2. The van der Waals surface area contributed by atoms with Gasteiger partial charge in [-0.1, -0.05) is 33.6 Å². The predicted octanol–water partition coefficient (Wildman–Crippen LogP) is 2.39. The zero-order valence-corrected chi connectivity index (χ0v) is 13.0. The van der Waals surface area contributed by atoms with E-state index in [1.54, 1.807) is 6.92 Å². The molecule has 1 aliphatic carbocycles. The molecule has 1 fully saturated rings. The van der Waals surface area contributed by atoms with Gasteiger partial charge in [0.25, 0.3) is 0 Å². The van der Waals surface area contributed by atoms with Crippen molar-refractivity contribution < 1.29 is 19.1 Å². The molecule has 5 heteroatoms. The van der Waals surface area contributed by atoms with Crippen LogP contribution in [0, 0.1) is 5.41 Å². The van der Waals surface area contributed by atoms with Gasteiger partial charge in [-0.15, -0.1) is 0 Å². The van der Waals surface area contributed by atoms with Crippen LogP contribution in [0.4, 0.5) is 0 Å². The van der Waals surface area contributed by atoms with E-state index in [1.807, 2.05) is 20.8 Å². The molecule has 1 unspecified atom stereocenters. The third-order valence-corrected chi connectivity index (χ3v) is 4.01. The van der Waals surface area contributed by atoms with Crippen molar-refractivity contribution in [3.63, 3.8) is 0 Å². The van der Waals surface area contributed by atoms with Gasteiger partial charge in [0.15, 0.2) is 6.79 Å². The Morgan fingerprint density at radius 2 is 1.90 bits per heavy atom. The topological polar surface area (TPSA) is 64.6 Å². The molecule has 0 saturated heterocycles. The fourth-order valence-corrected chi connectivity index (χ4v) is 1.98. The van der Waals surface area contributed by atoms with Gasteiger partial charge in [0, 0.05) is 5.41 Å². The Balaban J connectivity index is 2.26. The van der Waals surface area contributed by atoms with Gasteiger partial charge in [-0.25, -0.2) is 4.79 Å². The molecular weight excluding hydrogens is 258 g/mol. The van der Waals surface area contributed by atoms with Crippen molar-refractivity contribution in [2.75, 3.05) is 6.79 Å². The monoisotopic (exact) mass is 285 g/mol. The third kappa shape index (κ3) is 5.12. The number of carbonyl (C=O) groups is 2. The summed E-state index contributed by atoms with van der Waals surface area (Å²) in [6.45, 7) is 7.24. The fourth-order valence-electron chi connectivity index (χ4n) is 1.98. The average molecular weight is 285 g/mol. The van der Waals surface area contributed by atoms with E-state index in [0.717, 1.165) is 12.8 Å². The summed E-state index contributed by atoms with van der Waals surface area (Å²) in [5.41, 5.74) is -0.477. The average Bonchev–Trinajstić information content (AvgIpc) is 2.91. The van der Waals surface area contributed by atoms with Crippen molar-refractivity contribution in [3.05, 3.63) is 0 Å². The van der Waals surface area contributed by atoms with Crippen LogP contribution in [0.3, 0.4) is 0 Å². The molecule has 0 aliphatic heterocycles. The first-order chi connectivity index (χ1) is 9.36. The SMILES string of the molecule is CCC(C)(C)C(=O)NC(C)C(=O)OCOC1CCCC1. The minimum absolute atomic E-state index is 0.0269. The van der Waals surface area contributed by atoms with Gasteiger partial charge in [0.1, 0.15) is 6.04 Å². The Hall–Kier alpha value is -1.10. The fraction of sp³-hybridized carbons (Fsp3) is 0.867. The number of rotatable bonds is 7. The lowest BCUT2D eigenvalue weighted by atomic mass is 9.89. The highest BCUT2D eigenvalue weighted by molar-refractivity contribution is 5.87. The van der Waals surface area contributed by atoms with Crippen LogP contribution in [-0.2, 0) is 19.1 Å². The molecular formula is C15H27NO4. The summed E-state index contributed by atoms with van der Waals surface area (Å²) < 4.78 is 10.5. The summed E-state index contributed by atoms with van der Waals surface area (Å²) in [6.07, 6.45) is 5.36. The van der Waals surface area contributed by atoms with Crippen molar-refractivity contribution >= 4 is 11.9 Å². The zero-order valence-electron chi connectivity index (χ0n) is 13.0. The summed E-state index contributed by atoms with van der Waals surface area (Å²) in [6, 6.07) is -0.652. The van der Waals surface area contributed by atoms with E-state index in [4.69, 9.17) is 9.47 Å². The first kappa shape index (κ1) is 17.0. The molecule has 0 bridgehead atoms. The predicted molar refractivity (Wildman–Crippen MR) is 76.0 cm³/mol. The quantitative estimate of drug-likeness (QED) is 0.576. The molecule has 1 N–H and O–H groups in total. The van der Waals surface area contributed by atoms with E-state index in [9.17, 15) is 9.59 Å². The summed E-state index contributed by atoms with van der Waals surface area (Å²) >= 11 is 0. The number of esters is 1. The number of nitrogens with one attached hydrogen (secondary N) is 1. The standard InChI is InChI=1S/C15H27NO4/c1-5-15(3,4)14(18)16-11(2)13(17)20-10-19-12-8-6-7-9-12/h11-12H,5-10H2,1-4H3,(H,16,18). The van der Waals surface area contributed by atoms with E-state index in [2.05, 4.69) is 5.32 Å². The second kappa shape index (κ2) is 7.62. The normalized spacial score (nSPS) is 17.8. The van der Waals surface area contributed by atoms with Crippen molar-refractivity contribution in [2.45, 2.75) is 71.9 Å². The smallest absolute Gasteiger partial charge is 0.330 e. The maximum absolute atomic E-state index is 11.9. The molecule has 1 atom stereocenters. The van der Waals surface area contributed by atoms with Crippen LogP contribution in [0.5, 0.6) is 0 Å². The Kier molecular flexibility index (Phi) is 6.46. The van der Waals surface area contributed by atoms with E-state index >= 15 is 0 Å². The highest BCUT2D eigenvalue weighted by Gasteiger charge is 2.28. The largest absolute Gasteiger partial charge is 0.437 e. The minimum atomic E-state index is -0.652. The van der Waals surface area contributed by atoms with Gasteiger partial charge < -0.3 is 14.8 Å². The Bertz CT molecular complexity index is 335. The minimum Gasteiger partial charge on any atom is -0.437 e. The Morgan fingerprint density at radius 1 is 1.30 bits per heavy atom. The van der Waals surface area contributed by atoms with Gasteiger partial charge in [-0.3, -0.25) is 4.79 Å². The lowest BCUT2D eigenvalue weighted by Crippen LogP contribution is -2.45. The molecule has 1 amide bonds. The lowest BCUT2D eigenvalue weighted by Gasteiger charge is -2.23. The van der Waals surface area contributed by atoms with Gasteiger partial charge in [0.2, 0.25) is 5.91 Å². The molecule has 1 rings (SSSR count). The summed E-state index contributed by atoms with van der Waals surface area (Å²) in [5.74, 6) is -0.593. The third-order valence-electron chi connectivity index (χ3n) is 4.01. The second-order valence-electron chi connectivity index (χ2n) is 6.09. The van der Waals surface area contributed by atoms with Gasteiger partial charge in [0.05, 0.1) is 6.10 Å². The first-order valence-electron chi connectivity index (χ1n) is 7.46. The Labute approximate surface area is 121 Å². The van der Waals surface area contributed by atoms with E-state index in [0.29, 0.717) is 6.42 Å². The molecule has 5 nitrogen and oxygen atoms in total. The van der Waals surface area contributed by atoms with Crippen LogP contribution >= 0.6 is 0 Å². The molecule has 116 valence electrons. The lowest BCUT2D eigenvalue weighted by molar-refractivity contribution is -0.163. The molecule has 0 aromatic rings.